The van der Waals surface area contributed by atoms with E-state index in [0.717, 1.165) is 0 Å². The molecule has 0 spiro atoms. The number of aliphatic hydroxyl groups excluding tert-OH is 16. The largest absolute Gasteiger partial charge is 0.394 e. The van der Waals surface area contributed by atoms with E-state index in [9.17, 15) is 81.7 Å². The first-order valence-electron chi connectivity index (χ1n) is 17.6. The molecule has 5 aliphatic rings. The highest BCUT2D eigenvalue weighted by Gasteiger charge is 2.54. The molecule has 0 saturated carbocycles. The van der Waals surface area contributed by atoms with Crippen LogP contribution in [0.15, 0.2) is 11.6 Å². The van der Waals surface area contributed by atoms with Crippen molar-refractivity contribution >= 4 is 0 Å². The van der Waals surface area contributed by atoms with E-state index in [1.165, 1.54) is 13.0 Å². The highest BCUT2D eigenvalue weighted by Crippen LogP contribution is 2.34. The molecule has 55 heavy (non-hydrogen) atoms. The lowest BCUT2D eigenvalue weighted by atomic mass is 9.86. The summed E-state index contributed by atoms with van der Waals surface area (Å²) in [5, 5.41) is 169. The SMILES string of the molecule is C[C@H]1O[C@H](O[C@H]2[C@H](O)[C@@H](O)[C@@H](O)O[C@@H]2CO)[C@H](O)[C@@H](O)[C@@H]1O[C@@H]1C(CO)=C[C@H](N[C@H]2O[C@H](CO)[C@@H](O[C@H]3O[C@H](CO)[C@@H](O)[C@H](O)[C@H]3O)[C@H](O)[C@H]2O)[C@H](O)[C@H]1O. The van der Waals surface area contributed by atoms with E-state index in [1.54, 1.807) is 0 Å². The molecule has 0 aromatic carbocycles. The molecule has 0 aromatic heterocycles. The van der Waals surface area contributed by atoms with Gasteiger partial charge in [0.1, 0.15) is 116 Å². The molecule has 24 atom stereocenters. The first-order chi connectivity index (χ1) is 26.0. The summed E-state index contributed by atoms with van der Waals surface area (Å²) in [6.45, 7) is -1.82. The minimum absolute atomic E-state index is 0.0724. The second kappa shape index (κ2) is 18.8. The molecule has 0 amide bonds. The molecular formula is C31H53NO23. The zero-order valence-electron chi connectivity index (χ0n) is 29.3. The van der Waals surface area contributed by atoms with E-state index in [2.05, 4.69) is 5.32 Å². The van der Waals surface area contributed by atoms with Crippen molar-refractivity contribution in [2.75, 3.05) is 26.4 Å². The number of aliphatic hydroxyl groups is 16. The zero-order valence-corrected chi connectivity index (χ0v) is 29.3. The van der Waals surface area contributed by atoms with Crippen molar-refractivity contribution in [2.24, 2.45) is 0 Å². The molecule has 4 fully saturated rings. The first-order valence-corrected chi connectivity index (χ1v) is 17.6. The van der Waals surface area contributed by atoms with Crippen LogP contribution in [0.1, 0.15) is 6.92 Å². The lowest BCUT2D eigenvalue weighted by Gasteiger charge is -2.48. The Morgan fingerprint density at radius 2 is 1.04 bits per heavy atom. The maximum Gasteiger partial charge on any atom is 0.187 e. The predicted molar refractivity (Wildman–Crippen MR) is 170 cm³/mol. The Kier molecular flexibility index (Phi) is 15.3. The smallest absolute Gasteiger partial charge is 0.187 e. The van der Waals surface area contributed by atoms with Crippen LogP contribution in [0, 0.1) is 0 Å². The summed E-state index contributed by atoms with van der Waals surface area (Å²) in [7, 11) is 0. The van der Waals surface area contributed by atoms with Crippen molar-refractivity contribution in [1.82, 2.24) is 5.32 Å². The summed E-state index contributed by atoms with van der Waals surface area (Å²) < 4.78 is 38.7. The van der Waals surface area contributed by atoms with Gasteiger partial charge in [-0.1, -0.05) is 6.08 Å². The standard InChI is InChI=1S/C31H53NO23/c1-7-24(19(43)23(47)30(49-7)54-27-12(6-36)51-29(48)21(45)18(27)42)53-25-8(3-33)2-9(13(37)16(25)40)32-28-20(44)17(41)26(11(5-35)50-28)55-31-22(46)15(39)14(38)10(4-34)52-31/h2,7,9-48H,3-6H2,1H3/t7-,9+,10-,11-,12-,13+,14-,15+,16-,17-,18-,19-,20-,21-,22-,23-,24-,25-,26-,27-,28+,29+,30-,31-/m1/s1. The van der Waals surface area contributed by atoms with E-state index in [-0.39, 0.29) is 5.57 Å². The molecule has 0 bridgehead atoms. The number of ether oxygens (including phenoxy) is 7. The van der Waals surface area contributed by atoms with Crippen LogP contribution in [0.5, 0.6) is 0 Å². The zero-order chi connectivity index (χ0) is 40.6. The maximum atomic E-state index is 11.2. The van der Waals surface area contributed by atoms with Crippen molar-refractivity contribution in [3.8, 4) is 0 Å². The molecule has 4 saturated heterocycles. The first kappa shape index (κ1) is 44.9. The van der Waals surface area contributed by atoms with Crippen LogP contribution in [-0.4, -0.2) is 255 Å². The molecule has 0 radical (unpaired) electrons. The fourth-order valence-corrected chi connectivity index (χ4v) is 7.27. The van der Waals surface area contributed by atoms with E-state index in [0.29, 0.717) is 0 Å². The maximum absolute atomic E-state index is 11.2. The third kappa shape index (κ3) is 9.03. The van der Waals surface area contributed by atoms with Crippen LogP contribution in [0.25, 0.3) is 0 Å². The van der Waals surface area contributed by atoms with Crippen LogP contribution < -0.4 is 5.32 Å². The van der Waals surface area contributed by atoms with Gasteiger partial charge in [0.25, 0.3) is 0 Å². The molecule has 4 heterocycles. The minimum atomic E-state index is -1.91. The van der Waals surface area contributed by atoms with Gasteiger partial charge in [0, 0.05) is 0 Å². The van der Waals surface area contributed by atoms with Crippen LogP contribution in [0.2, 0.25) is 0 Å². The van der Waals surface area contributed by atoms with Gasteiger partial charge in [-0.25, -0.2) is 0 Å². The van der Waals surface area contributed by atoms with Crippen molar-refractivity contribution in [3.63, 3.8) is 0 Å². The Hall–Kier alpha value is -1.22. The molecule has 17 N–H and O–H groups in total. The molecule has 0 unspecified atom stereocenters. The Morgan fingerprint density at radius 3 is 1.62 bits per heavy atom. The summed E-state index contributed by atoms with van der Waals surface area (Å²) in [5.41, 5.74) is -0.0724. The lowest BCUT2D eigenvalue weighted by molar-refractivity contribution is -0.356. The fourth-order valence-electron chi connectivity index (χ4n) is 7.27. The topological polar surface area (TPSA) is 400 Å². The average Bonchev–Trinajstić information content (AvgIpc) is 3.17. The Morgan fingerprint density at radius 1 is 0.509 bits per heavy atom. The quantitative estimate of drug-likeness (QED) is 0.0814. The van der Waals surface area contributed by atoms with Gasteiger partial charge in [-0.15, -0.1) is 0 Å². The van der Waals surface area contributed by atoms with Crippen LogP contribution in [0.4, 0.5) is 0 Å². The van der Waals surface area contributed by atoms with Crippen molar-refractivity contribution in [1.29, 1.82) is 0 Å². The Labute approximate surface area is 312 Å². The van der Waals surface area contributed by atoms with Gasteiger partial charge in [-0.2, -0.15) is 0 Å². The molecule has 0 aromatic rings. The number of hydrogen-bond donors (Lipinski definition) is 17. The second-order valence-corrected chi connectivity index (χ2v) is 14.2. The van der Waals surface area contributed by atoms with Gasteiger partial charge >= 0.3 is 0 Å². The fraction of sp³-hybridized carbons (Fsp3) is 0.935. The van der Waals surface area contributed by atoms with Crippen LogP contribution >= 0.6 is 0 Å². The highest BCUT2D eigenvalue weighted by atomic mass is 16.7. The van der Waals surface area contributed by atoms with E-state index < -0.39 is 174 Å². The molecule has 24 nitrogen and oxygen atoms in total. The summed E-state index contributed by atoms with van der Waals surface area (Å²) in [6.07, 6.45) is -37.5. The molecular weight excluding hydrogens is 754 g/mol. The third-order valence-corrected chi connectivity index (χ3v) is 10.5. The van der Waals surface area contributed by atoms with Crippen molar-refractivity contribution in [3.05, 3.63) is 11.6 Å². The minimum Gasteiger partial charge on any atom is -0.394 e. The molecule has 4 aliphatic heterocycles. The van der Waals surface area contributed by atoms with Crippen molar-refractivity contribution in [2.45, 2.75) is 154 Å². The number of hydrogen-bond acceptors (Lipinski definition) is 24. The van der Waals surface area contributed by atoms with E-state index >= 15 is 0 Å². The Balaban J connectivity index is 1.24. The monoisotopic (exact) mass is 807 g/mol. The summed E-state index contributed by atoms with van der Waals surface area (Å²) in [6, 6.07) is -1.34. The molecule has 24 heteroatoms. The summed E-state index contributed by atoms with van der Waals surface area (Å²) >= 11 is 0. The van der Waals surface area contributed by atoms with Crippen LogP contribution in [-0.2, 0) is 33.2 Å². The lowest BCUT2D eigenvalue weighted by Crippen LogP contribution is -2.68. The van der Waals surface area contributed by atoms with Gasteiger partial charge in [-0.3, -0.25) is 5.32 Å². The third-order valence-electron chi connectivity index (χ3n) is 10.5. The van der Waals surface area contributed by atoms with Crippen LogP contribution in [0.3, 0.4) is 0 Å². The molecule has 1 aliphatic carbocycles. The Bertz CT molecular complexity index is 1250. The molecule has 5 rings (SSSR count). The normalized spacial score (nSPS) is 52.5. The number of rotatable bonds is 12. The highest BCUT2D eigenvalue weighted by molar-refractivity contribution is 5.23. The number of nitrogens with one attached hydrogen (secondary N) is 1. The van der Waals surface area contributed by atoms with E-state index in [4.69, 9.17) is 33.2 Å². The summed E-state index contributed by atoms with van der Waals surface area (Å²) in [5.74, 6) is 0. The average molecular weight is 808 g/mol. The van der Waals surface area contributed by atoms with Gasteiger partial charge in [-0.05, 0) is 12.5 Å². The summed E-state index contributed by atoms with van der Waals surface area (Å²) in [4.78, 5) is 0. The van der Waals surface area contributed by atoms with Gasteiger partial charge in [0.2, 0.25) is 0 Å². The molecule has 320 valence electrons. The predicted octanol–water partition coefficient (Wildman–Crippen LogP) is -10.7. The van der Waals surface area contributed by atoms with E-state index in [1.807, 2.05) is 0 Å². The second-order valence-electron chi connectivity index (χ2n) is 14.2. The van der Waals surface area contributed by atoms with Crippen molar-refractivity contribution < 1.29 is 115 Å². The van der Waals surface area contributed by atoms with Gasteiger partial charge in [0.05, 0.1) is 38.6 Å². The van der Waals surface area contributed by atoms with Gasteiger partial charge < -0.3 is 115 Å². The van der Waals surface area contributed by atoms with Gasteiger partial charge in [0.15, 0.2) is 18.9 Å².